The van der Waals surface area contributed by atoms with Gasteiger partial charge in [-0.05, 0) is 36.6 Å². The molecule has 0 bridgehead atoms. The Labute approximate surface area is 180 Å². The van der Waals surface area contributed by atoms with Crippen molar-refractivity contribution in [3.05, 3.63) is 76.5 Å². The summed E-state index contributed by atoms with van der Waals surface area (Å²) >= 11 is 6.34. The van der Waals surface area contributed by atoms with Crippen LogP contribution in [0.5, 0.6) is 0 Å². The number of rotatable bonds is 6. The number of nitriles is 1. The fourth-order valence-electron chi connectivity index (χ4n) is 3.74. The number of nitrogens with zero attached hydrogens (tertiary/aromatic N) is 2. The second-order valence-electron chi connectivity index (χ2n) is 7.34. The van der Waals surface area contributed by atoms with Crippen LogP contribution in [0.15, 0.2) is 60.3 Å². The number of aromatic nitrogens is 1. The number of hydrogen-bond donors (Lipinski definition) is 1. The van der Waals surface area contributed by atoms with Crippen molar-refractivity contribution >= 4 is 34.5 Å². The van der Waals surface area contributed by atoms with Crippen LogP contribution in [0, 0.1) is 11.3 Å². The predicted molar refractivity (Wildman–Crippen MR) is 118 cm³/mol. The summed E-state index contributed by atoms with van der Waals surface area (Å²) in [5, 5.41) is 14.1. The summed E-state index contributed by atoms with van der Waals surface area (Å²) in [5.74, 6) is -0.379. The molecule has 1 atom stereocenters. The monoisotopic (exact) mass is 419 g/mol. The van der Waals surface area contributed by atoms with Crippen molar-refractivity contribution < 1.29 is 9.53 Å². The maximum Gasteiger partial charge on any atom is 0.262 e. The Morgan fingerprint density at radius 3 is 2.83 bits per heavy atom. The quantitative estimate of drug-likeness (QED) is 0.471. The molecule has 0 aliphatic carbocycles. The van der Waals surface area contributed by atoms with Gasteiger partial charge in [-0.25, -0.2) is 0 Å². The minimum atomic E-state index is -0.379. The highest BCUT2D eigenvalue weighted by Crippen LogP contribution is 2.26. The van der Waals surface area contributed by atoms with Gasteiger partial charge in [0.05, 0.1) is 6.10 Å². The van der Waals surface area contributed by atoms with Gasteiger partial charge in [-0.1, -0.05) is 48.0 Å². The lowest BCUT2D eigenvalue weighted by Crippen LogP contribution is -2.32. The highest BCUT2D eigenvalue weighted by Gasteiger charge is 2.18. The molecule has 1 aliphatic heterocycles. The van der Waals surface area contributed by atoms with E-state index in [4.69, 9.17) is 16.3 Å². The van der Waals surface area contributed by atoms with E-state index in [1.807, 2.05) is 60.8 Å². The molecule has 0 unspecified atom stereocenters. The molecule has 1 aromatic heterocycles. The highest BCUT2D eigenvalue weighted by molar-refractivity contribution is 6.31. The number of benzene rings is 2. The molecule has 0 saturated carbocycles. The third-order valence-corrected chi connectivity index (χ3v) is 5.67. The van der Waals surface area contributed by atoms with Crippen molar-refractivity contribution in [1.82, 2.24) is 9.88 Å². The summed E-state index contributed by atoms with van der Waals surface area (Å²) in [6, 6.07) is 17.7. The van der Waals surface area contributed by atoms with Gasteiger partial charge in [-0.2, -0.15) is 5.26 Å². The van der Waals surface area contributed by atoms with Crippen LogP contribution in [-0.4, -0.2) is 29.7 Å². The van der Waals surface area contributed by atoms with Crippen molar-refractivity contribution in [1.29, 1.82) is 5.26 Å². The minimum Gasteiger partial charge on any atom is -0.376 e. The van der Waals surface area contributed by atoms with Crippen LogP contribution in [-0.2, 0) is 16.1 Å². The van der Waals surface area contributed by atoms with E-state index in [9.17, 15) is 10.1 Å². The number of halogens is 1. The molecule has 1 amide bonds. The first-order chi connectivity index (χ1) is 14.7. The zero-order valence-corrected chi connectivity index (χ0v) is 17.2. The topological polar surface area (TPSA) is 67.0 Å². The molecule has 1 N–H and O–H groups in total. The van der Waals surface area contributed by atoms with Crippen LogP contribution in [0.2, 0.25) is 5.02 Å². The SMILES string of the molecule is N#C/C(=C\c1cn(Cc2ccccc2Cl)c2ccccc12)C(=O)NC[C@@H]1CCCO1. The molecule has 2 aromatic carbocycles. The molecule has 4 rings (SSSR count). The zero-order chi connectivity index (χ0) is 20.9. The van der Waals surface area contributed by atoms with Crippen LogP contribution in [0.25, 0.3) is 17.0 Å². The number of para-hydroxylation sites is 1. The molecule has 30 heavy (non-hydrogen) atoms. The molecular formula is C24H22ClN3O2. The van der Waals surface area contributed by atoms with Crippen molar-refractivity contribution in [2.24, 2.45) is 0 Å². The molecule has 1 fully saturated rings. The fourth-order valence-corrected chi connectivity index (χ4v) is 3.94. The molecular weight excluding hydrogens is 398 g/mol. The van der Waals surface area contributed by atoms with E-state index in [2.05, 4.69) is 9.88 Å². The van der Waals surface area contributed by atoms with Crippen LogP contribution >= 0.6 is 11.6 Å². The summed E-state index contributed by atoms with van der Waals surface area (Å²) < 4.78 is 7.62. The molecule has 5 nitrogen and oxygen atoms in total. The number of carbonyl (C=O) groups is 1. The van der Waals surface area contributed by atoms with Gasteiger partial charge in [0.25, 0.3) is 5.91 Å². The van der Waals surface area contributed by atoms with Gasteiger partial charge in [-0.15, -0.1) is 0 Å². The predicted octanol–water partition coefficient (Wildman–Crippen LogP) is 4.55. The summed E-state index contributed by atoms with van der Waals surface area (Å²) in [6.45, 7) is 1.75. The van der Waals surface area contributed by atoms with Gasteiger partial charge in [0.1, 0.15) is 11.6 Å². The number of carbonyl (C=O) groups excluding carboxylic acids is 1. The first-order valence-electron chi connectivity index (χ1n) is 9.98. The molecule has 0 spiro atoms. The lowest BCUT2D eigenvalue weighted by atomic mass is 10.1. The summed E-state index contributed by atoms with van der Waals surface area (Å²) in [7, 11) is 0. The third-order valence-electron chi connectivity index (χ3n) is 5.30. The number of hydrogen-bond acceptors (Lipinski definition) is 3. The second-order valence-corrected chi connectivity index (χ2v) is 7.74. The maximum absolute atomic E-state index is 12.5. The number of ether oxygens (including phenoxy) is 1. The van der Waals surface area contributed by atoms with Crippen LogP contribution in [0.1, 0.15) is 24.0 Å². The molecule has 6 heteroatoms. The normalized spacial score (nSPS) is 16.5. The van der Waals surface area contributed by atoms with Gasteiger partial charge in [0, 0.05) is 47.4 Å². The lowest BCUT2D eigenvalue weighted by molar-refractivity contribution is -0.117. The molecule has 0 radical (unpaired) electrons. The van der Waals surface area contributed by atoms with E-state index in [1.165, 1.54) is 0 Å². The van der Waals surface area contributed by atoms with Gasteiger partial charge in [0.15, 0.2) is 0 Å². The smallest absolute Gasteiger partial charge is 0.262 e. The van der Waals surface area contributed by atoms with E-state index >= 15 is 0 Å². The molecule has 152 valence electrons. The molecule has 3 aromatic rings. The minimum absolute atomic E-state index is 0.0337. The number of fused-ring (bicyclic) bond motifs is 1. The average molecular weight is 420 g/mol. The van der Waals surface area contributed by atoms with Crippen LogP contribution in [0.4, 0.5) is 0 Å². The van der Waals surface area contributed by atoms with Crippen molar-refractivity contribution in [3.8, 4) is 6.07 Å². The van der Waals surface area contributed by atoms with Crippen LogP contribution < -0.4 is 5.32 Å². The first-order valence-corrected chi connectivity index (χ1v) is 10.4. The van der Waals surface area contributed by atoms with E-state index < -0.39 is 0 Å². The maximum atomic E-state index is 12.5. The Morgan fingerprint density at radius 1 is 1.27 bits per heavy atom. The van der Waals surface area contributed by atoms with E-state index in [0.717, 1.165) is 41.5 Å². The first kappa shape index (κ1) is 20.2. The number of amides is 1. The van der Waals surface area contributed by atoms with Gasteiger partial charge < -0.3 is 14.6 Å². The Morgan fingerprint density at radius 2 is 2.07 bits per heavy atom. The largest absolute Gasteiger partial charge is 0.376 e. The number of nitrogens with one attached hydrogen (secondary N) is 1. The Kier molecular flexibility index (Phi) is 6.18. The summed E-state index contributed by atoms with van der Waals surface area (Å²) in [4.78, 5) is 12.5. The van der Waals surface area contributed by atoms with Gasteiger partial charge in [0.2, 0.25) is 0 Å². The Hall–Kier alpha value is -3.07. The summed E-state index contributed by atoms with van der Waals surface area (Å²) in [6.07, 6.45) is 5.58. The van der Waals surface area contributed by atoms with Crippen molar-refractivity contribution in [3.63, 3.8) is 0 Å². The molecule has 1 saturated heterocycles. The van der Waals surface area contributed by atoms with E-state index in [-0.39, 0.29) is 17.6 Å². The zero-order valence-electron chi connectivity index (χ0n) is 16.5. The summed E-state index contributed by atoms with van der Waals surface area (Å²) in [5.41, 5.74) is 2.92. The van der Waals surface area contributed by atoms with Crippen molar-refractivity contribution in [2.75, 3.05) is 13.2 Å². The van der Waals surface area contributed by atoms with Gasteiger partial charge >= 0.3 is 0 Å². The van der Waals surface area contributed by atoms with E-state index in [0.29, 0.717) is 18.1 Å². The van der Waals surface area contributed by atoms with E-state index in [1.54, 1.807) is 6.08 Å². The highest BCUT2D eigenvalue weighted by atomic mass is 35.5. The molecule has 2 heterocycles. The average Bonchev–Trinajstić information content (AvgIpc) is 3.40. The third kappa shape index (κ3) is 4.40. The molecule has 1 aliphatic rings. The lowest BCUT2D eigenvalue weighted by Gasteiger charge is -2.10. The fraction of sp³-hybridized carbons (Fsp3) is 0.250. The Bertz CT molecular complexity index is 1140. The van der Waals surface area contributed by atoms with Crippen molar-refractivity contribution in [2.45, 2.75) is 25.5 Å². The van der Waals surface area contributed by atoms with Crippen LogP contribution in [0.3, 0.4) is 0 Å². The standard InChI is InChI=1S/C24H22ClN3O2/c25-22-9-3-1-6-17(22)15-28-16-19(21-8-2-4-10-23(21)28)12-18(13-26)24(29)27-14-20-7-5-11-30-20/h1-4,6,8-10,12,16,20H,5,7,11,14-15H2,(H,27,29)/b18-12+/t20-/m0/s1. The second kappa shape index (κ2) is 9.17. The van der Waals surface area contributed by atoms with Gasteiger partial charge in [-0.3, -0.25) is 4.79 Å². The Balaban J connectivity index is 1.62.